The van der Waals surface area contributed by atoms with E-state index in [1.807, 2.05) is 6.07 Å². The van der Waals surface area contributed by atoms with Gasteiger partial charge in [0.25, 0.3) is 0 Å². The number of hydrogen-bond acceptors (Lipinski definition) is 6. The summed E-state index contributed by atoms with van der Waals surface area (Å²) in [6, 6.07) is 15.6. The van der Waals surface area contributed by atoms with Crippen molar-refractivity contribution >= 4 is 17.6 Å². The van der Waals surface area contributed by atoms with Gasteiger partial charge in [0.2, 0.25) is 11.7 Å². The average Bonchev–Trinajstić information content (AvgIpc) is 3.10. The third-order valence-corrected chi connectivity index (χ3v) is 3.60. The standard InChI is InChI=1S/C18H12ClN3O3/c19-14-7-5-12(6-8-14)18-21-16(25-22-18)9-10-17(23)24-15-4-2-1-3-13(15)11-20/h1-8H,9-10H2. The maximum atomic E-state index is 11.9. The van der Waals surface area contributed by atoms with Gasteiger partial charge in [-0.15, -0.1) is 0 Å². The maximum Gasteiger partial charge on any atom is 0.311 e. The number of aryl methyl sites for hydroxylation is 1. The summed E-state index contributed by atoms with van der Waals surface area (Å²) < 4.78 is 10.3. The summed E-state index contributed by atoms with van der Waals surface area (Å²) in [5.74, 6) is 0.515. The fourth-order valence-electron chi connectivity index (χ4n) is 2.10. The van der Waals surface area contributed by atoms with Crippen LogP contribution in [0.25, 0.3) is 11.4 Å². The second-order valence-corrected chi connectivity index (χ2v) is 5.54. The second-order valence-electron chi connectivity index (χ2n) is 5.10. The zero-order valence-electron chi connectivity index (χ0n) is 13.0. The molecule has 0 aliphatic carbocycles. The molecule has 0 aliphatic heterocycles. The molecule has 1 aromatic heterocycles. The lowest BCUT2D eigenvalue weighted by Gasteiger charge is -2.04. The number of hydrogen-bond donors (Lipinski definition) is 0. The number of carbonyl (C=O) groups is 1. The lowest BCUT2D eigenvalue weighted by molar-refractivity contribution is -0.134. The minimum absolute atomic E-state index is 0.0576. The summed E-state index contributed by atoms with van der Waals surface area (Å²) in [5, 5.41) is 13.5. The Hall–Kier alpha value is -3.17. The molecule has 0 spiro atoms. The molecule has 2 aromatic carbocycles. The first-order valence-corrected chi connectivity index (χ1v) is 7.82. The zero-order chi connectivity index (χ0) is 17.6. The summed E-state index contributed by atoms with van der Waals surface area (Å²) in [6.45, 7) is 0. The fourth-order valence-corrected chi connectivity index (χ4v) is 2.23. The maximum absolute atomic E-state index is 11.9. The quantitative estimate of drug-likeness (QED) is 0.512. The Morgan fingerprint density at radius 2 is 1.96 bits per heavy atom. The van der Waals surface area contributed by atoms with Crippen LogP contribution >= 0.6 is 11.6 Å². The van der Waals surface area contributed by atoms with Crippen molar-refractivity contribution in [1.82, 2.24) is 10.1 Å². The molecular formula is C18H12ClN3O3. The Kier molecular flexibility index (Phi) is 5.07. The van der Waals surface area contributed by atoms with Gasteiger partial charge >= 0.3 is 5.97 Å². The number of aromatic nitrogens is 2. The van der Waals surface area contributed by atoms with Gasteiger partial charge in [0.1, 0.15) is 11.8 Å². The largest absolute Gasteiger partial charge is 0.425 e. The molecule has 25 heavy (non-hydrogen) atoms. The molecule has 0 radical (unpaired) electrons. The number of ether oxygens (including phenoxy) is 1. The number of nitriles is 1. The van der Waals surface area contributed by atoms with E-state index in [1.54, 1.807) is 48.5 Å². The average molecular weight is 354 g/mol. The van der Waals surface area contributed by atoms with Crippen molar-refractivity contribution in [2.24, 2.45) is 0 Å². The minimum Gasteiger partial charge on any atom is -0.425 e. The van der Waals surface area contributed by atoms with Crippen molar-refractivity contribution in [3.63, 3.8) is 0 Å². The first-order chi connectivity index (χ1) is 12.2. The molecule has 3 rings (SSSR count). The van der Waals surface area contributed by atoms with Crippen LogP contribution in [0.3, 0.4) is 0 Å². The number of para-hydroxylation sites is 1. The molecule has 3 aromatic rings. The second kappa shape index (κ2) is 7.60. The first kappa shape index (κ1) is 16.7. The van der Waals surface area contributed by atoms with E-state index < -0.39 is 5.97 Å². The minimum atomic E-state index is -0.478. The summed E-state index contributed by atoms with van der Waals surface area (Å²) in [6.07, 6.45) is 0.302. The fraction of sp³-hybridized carbons (Fsp3) is 0.111. The topological polar surface area (TPSA) is 89.0 Å². The Morgan fingerprint density at radius 1 is 1.20 bits per heavy atom. The third kappa shape index (κ3) is 4.22. The van der Waals surface area contributed by atoms with Gasteiger partial charge in [-0.1, -0.05) is 28.9 Å². The van der Waals surface area contributed by atoms with Gasteiger partial charge in [0.05, 0.1) is 12.0 Å². The highest BCUT2D eigenvalue weighted by Gasteiger charge is 2.13. The number of rotatable bonds is 5. The van der Waals surface area contributed by atoms with Crippen molar-refractivity contribution in [3.8, 4) is 23.2 Å². The molecule has 0 atom stereocenters. The van der Waals surface area contributed by atoms with E-state index in [9.17, 15) is 4.79 Å². The van der Waals surface area contributed by atoms with Crippen LogP contribution in [0, 0.1) is 11.3 Å². The molecule has 0 aliphatic rings. The van der Waals surface area contributed by atoms with Gasteiger partial charge in [-0.2, -0.15) is 10.2 Å². The summed E-state index contributed by atoms with van der Waals surface area (Å²) in [4.78, 5) is 16.2. The number of halogens is 1. The van der Waals surface area contributed by atoms with E-state index in [-0.39, 0.29) is 18.6 Å². The van der Waals surface area contributed by atoms with E-state index >= 15 is 0 Å². The molecule has 0 unspecified atom stereocenters. The van der Waals surface area contributed by atoms with E-state index in [2.05, 4.69) is 10.1 Å². The summed E-state index contributed by atoms with van der Waals surface area (Å²) in [5.41, 5.74) is 1.07. The molecule has 0 saturated carbocycles. The predicted molar refractivity (Wildman–Crippen MR) is 89.9 cm³/mol. The van der Waals surface area contributed by atoms with Crippen molar-refractivity contribution < 1.29 is 14.1 Å². The first-order valence-electron chi connectivity index (χ1n) is 7.44. The SMILES string of the molecule is N#Cc1ccccc1OC(=O)CCc1nc(-c2ccc(Cl)cc2)no1. The lowest BCUT2D eigenvalue weighted by Crippen LogP contribution is -2.10. The molecule has 6 nitrogen and oxygen atoms in total. The van der Waals surface area contributed by atoms with E-state index in [0.717, 1.165) is 5.56 Å². The van der Waals surface area contributed by atoms with Crippen molar-refractivity contribution in [2.45, 2.75) is 12.8 Å². The van der Waals surface area contributed by atoms with Gasteiger partial charge in [-0.25, -0.2) is 0 Å². The predicted octanol–water partition coefficient (Wildman–Crippen LogP) is 3.80. The highest BCUT2D eigenvalue weighted by atomic mass is 35.5. The normalized spacial score (nSPS) is 10.2. The van der Waals surface area contributed by atoms with Crippen molar-refractivity contribution in [2.75, 3.05) is 0 Å². The van der Waals surface area contributed by atoms with Crippen LogP contribution < -0.4 is 4.74 Å². The van der Waals surface area contributed by atoms with E-state index in [0.29, 0.717) is 22.3 Å². The van der Waals surface area contributed by atoms with Crippen LogP contribution in [-0.2, 0) is 11.2 Å². The summed E-state index contributed by atoms with van der Waals surface area (Å²) >= 11 is 5.84. The Labute approximate surface area is 148 Å². The molecule has 124 valence electrons. The highest BCUT2D eigenvalue weighted by Crippen LogP contribution is 2.20. The Morgan fingerprint density at radius 3 is 2.72 bits per heavy atom. The van der Waals surface area contributed by atoms with Gasteiger partial charge in [0, 0.05) is 17.0 Å². The molecule has 0 saturated heterocycles. The van der Waals surface area contributed by atoms with Crippen LogP contribution in [0.5, 0.6) is 5.75 Å². The molecule has 0 bridgehead atoms. The zero-order valence-corrected chi connectivity index (χ0v) is 13.7. The highest BCUT2D eigenvalue weighted by molar-refractivity contribution is 6.30. The Bertz CT molecular complexity index is 929. The van der Waals surface area contributed by atoms with Crippen LogP contribution in [0.15, 0.2) is 53.1 Å². The molecule has 0 amide bonds. The molecule has 0 N–H and O–H groups in total. The third-order valence-electron chi connectivity index (χ3n) is 3.34. The number of benzene rings is 2. The molecular weight excluding hydrogens is 342 g/mol. The molecule has 0 fully saturated rings. The smallest absolute Gasteiger partial charge is 0.311 e. The van der Waals surface area contributed by atoms with Gasteiger partial charge < -0.3 is 9.26 Å². The number of esters is 1. The van der Waals surface area contributed by atoms with Gasteiger partial charge in [0.15, 0.2) is 0 Å². The summed E-state index contributed by atoms with van der Waals surface area (Å²) in [7, 11) is 0. The monoisotopic (exact) mass is 353 g/mol. The molecule has 1 heterocycles. The molecule has 7 heteroatoms. The van der Waals surface area contributed by atoms with Crippen molar-refractivity contribution in [1.29, 1.82) is 5.26 Å². The lowest BCUT2D eigenvalue weighted by atomic mass is 10.2. The van der Waals surface area contributed by atoms with E-state index in [1.165, 1.54) is 0 Å². The van der Waals surface area contributed by atoms with Crippen LogP contribution in [0.4, 0.5) is 0 Å². The van der Waals surface area contributed by atoms with Crippen LogP contribution in [0.2, 0.25) is 5.02 Å². The van der Waals surface area contributed by atoms with Crippen LogP contribution in [-0.4, -0.2) is 16.1 Å². The van der Waals surface area contributed by atoms with E-state index in [4.69, 9.17) is 26.1 Å². The van der Waals surface area contributed by atoms with Crippen molar-refractivity contribution in [3.05, 3.63) is 65.0 Å². The van der Waals surface area contributed by atoms with Crippen LogP contribution in [0.1, 0.15) is 17.9 Å². The number of carbonyl (C=O) groups excluding carboxylic acids is 1. The van der Waals surface area contributed by atoms with Gasteiger partial charge in [-0.05, 0) is 36.4 Å². The Balaban J connectivity index is 1.59. The number of nitrogens with zero attached hydrogens (tertiary/aromatic N) is 3. The van der Waals surface area contributed by atoms with Gasteiger partial charge in [-0.3, -0.25) is 4.79 Å².